The number of hydrogen-bond donors (Lipinski definition) is 2. The van der Waals surface area contributed by atoms with E-state index in [1.807, 2.05) is 0 Å². The van der Waals surface area contributed by atoms with Crippen LogP contribution in [0.15, 0.2) is 48.8 Å². The highest BCUT2D eigenvalue weighted by molar-refractivity contribution is 6.01. The molecule has 0 spiro atoms. The monoisotopic (exact) mass is 302 g/mol. The van der Waals surface area contributed by atoms with Gasteiger partial charge in [-0.25, -0.2) is 4.39 Å². The standard InChI is InChI=1S/C16H15FN2O3/c17-13-3-1-12(2-4-13)16(22)14(9-15(20)21)19-10-11-5-7-18-8-6-11/h1-8,14,19H,9-10H2,(H,20,21). The molecule has 1 atom stereocenters. The highest BCUT2D eigenvalue weighted by Crippen LogP contribution is 2.09. The van der Waals surface area contributed by atoms with Gasteiger partial charge in [0.2, 0.25) is 0 Å². The molecule has 1 aromatic carbocycles. The van der Waals surface area contributed by atoms with Gasteiger partial charge in [0.15, 0.2) is 5.78 Å². The van der Waals surface area contributed by atoms with E-state index in [0.29, 0.717) is 6.54 Å². The SMILES string of the molecule is O=C(O)CC(NCc1ccncc1)C(=O)c1ccc(F)cc1. The summed E-state index contributed by atoms with van der Waals surface area (Å²) in [5.74, 6) is -1.91. The van der Waals surface area contributed by atoms with Crippen molar-refractivity contribution < 1.29 is 19.1 Å². The molecule has 0 amide bonds. The van der Waals surface area contributed by atoms with Crippen molar-refractivity contribution >= 4 is 11.8 Å². The summed E-state index contributed by atoms with van der Waals surface area (Å²) < 4.78 is 12.9. The van der Waals surface area contributed by atoms with Gasteiger partial charge in [-0.15, -0.1) is 0 Å². The van der Waals surface area contributed by atoms with Gasteiger partial charge in [0.05, 0.1) is 12.5 Å². The number of carbonyl (C=O) groups is 2. The number of halogens is 1. The van der Waals surface area contributed by atoms with E-state index >= 15 is 0 Å². The number of rotatable bonds is 7. The number of hydrogen-bond acceptors (Lipinski definition) is 4. The molecule has 0 bridgehead atoms. The summed E-state index contributed by atoms with van der Waals surface area (Å²) in [5, 5.41) is 11.9. The van der Waals surface area contributed by atoms with E-state index in [1.165, 1.54) is 24.3 Å². The molecule has 1 heterocycles. The molecule has 0 fully saturated rings. The first kappa shape index (κ1) is 15.8. The van der Waals surface area contributed by atoms with Crippen LogP contribution < -0.4 is 5.32 Å². The van der Waals surface area contributed by atoms with E-state index in [9.17, 15) is 14.0 Å². The number of Topliss-reactive ketones (excluding diaryl/α,β-unsaturated/α-hetero) is 1. The molecule has 0 radical (unpaired) electrons. The van der Waals surface area contributed by atoms with Gasteiger partial charge in [0.25, 0.3) is 0 Å². The predicted molar refractivity (Wildman–Crippen MR) is 77.8 cm³/mol. The number of ketones is 1. The van der Waals surface area contributed by atoms with E-state index in [0.717, 1.165) is 5.56 Å². The summed E-state index contributed by atoms with van der Waals surface area (Å²) in [6, 6.07) is 7.71. The Morgan fingerprint density at radius 1 is 1.14 bits per heavy atom. The lowest BCUT2D eigenvalue weighted by Crippen LogP contribution is -2.38. The van der Waals surface area contributed by atoms with Crippen molar-refractivity contribution in [3.63, 3.8) is 0 Å². The zero-order valence-corrected chi connectivity index (χ0v) is 11.7. The third-order valence-electron chi connectivity index (χ3n) is 3.13. The minimum absolute atomic E-state index is 0.273. The predicted octanol–water partition coefficient (Wildman–Crippen LogP) is 2.04. The fraction of sp³-hybridized carbons (Fsp3) is 0.188. The van der Waals surface area contributed by atoms with Gasteiger partial charge in [-0.3, -0.25) is 14.6 Å². The number of nitrogens with one attached hydrogen (secondary N) is 1. The molecule has 0 saturated heterocycles. The van der Waals surface area contributed by atoms with Crippen molar-refractivity contribution in [3.8, 4) is 0 Å². The molecule has 1 unspecified atom stereocenters. The fourth-order valence-corrected chi connectivity index (χ4v) is 1.99. The van der Waals surface area contributed by atoms with Gasteiger partial charge in [-0.2, -0.15) is 0 Å². The maximum Gasteiger partial charge on any atom is 0.305 e. The molecule has 2 N–H and O–H groups in total. The van der Waals surface area contributed by atoms with Crippen LogP contribution in [0.2, 0.25) is 0 Å². The van der Waals surface area contributed by atoms with Crippen molar-refractivity contribution in [3.05, 3.63) is 65.7 Å². The van der Waals surface area contributed by atoms with E-state index in [2.05, 4.69) is 10.3 Å². The van der Waals surface area contributed by atoms with E-state index in [-0.39, 0.29) is 17.8 Å². The number of carboxylic acid groups (broad SMARTS) is 1. The Hall–Kier alpha value is -2.60. The number of benzene rings is 1. The summed E-state index contributed by atoms with van der Waals surface area (Å²) in [6.45, 7) is 0.341. The van der Waals surface area contributed by atoms with Crippen LogP contribution in [0.1, 0.15) is 22.3 Å². The highest BCUT2D eigenvalue weighted by atomic mass is 19.1. The number of nitrogens with zero attached hydrogens (tertiary/aromatic N) is 1. The van der Waals surface area contributed by atoms with Crippen molar-refractivity contribution in [1.82, 2.24) is 10.3 Å². The Kier molecular flexibility index (Phi) is 5.32. The molecule has 2 aromatic rings. The van der Waals surface area contributed by atoms with Gasteiger partial charge in [-0.05, 0) is 42.0 Å². The van der Waals surface area contributed by atoms with Crippen LogP contribution >= 0.6 is 0 Å². The molecule has 2 rings (SSSR count). The molecule has 6 heteroatoms. The Balaban J connectivity index is 2.09. The zero-order valence-electron chi connectivity index (χ0n) is 11.7. The summed E-state index contributed by atoms with van der Waals surface area (Å²) in [7, 11) is 0. The Labute approximate surface area is 126 Å². The second-order valence-corrected chi connectivity index (χ2v) is 4.76. The van der Waals surface area contributed by atoms with Crippen molar-refractivity contribution in [2.75, 3.05) is 0 Å². The Morgan fingerprint density at radius 3 is 2.36 bits per heavy atom. The second kappa shape index (κ2) is 7.42. The smallest absolute Gasteiger partial charge is 0.305 e. The van der Waals surface area contributed by atoms with Crippen LogP contribution in [0.25, 0.3) is 0 Å². The van der Waals surface area contributed by atoms with E-state index in [1.54, 1.807) is 24.5 Å². The minimum atomic E-state index is -1.08. The van der Waals surface area contributed by atoms with Crippen molar-refractivity contribution in [2.45, 2.75) is 19.0 Å². The minimum Gasteiger partial charge on any atom is -0.481 e. The van der Waals surface area contributed by atoms with Gasteiger partial charge >= 0.3 is 5.97 Å². The summed E-state index contributed by atoms with van der Waals surface area (Å²) in [6.07, 6.45) is 2.89. The third kappa shape index (κ3) is 4.46. The molecule has 22 heavy (non-hydrogen) atoms. The van der Waals surface area contributed by atoms with Crippen LogP contribution in [0.5, 0.6) is 0 Å². The van der Waals surface area contributed by atoms with Gasteiger partial charge in [0, 0.05) is 24.5 Å². The fourth-order valence-electron chi connectivity index (χ4n) is 1.99. The molecule has 1 aromatic heterocycles. The van der Waals surface area contributed by atoms with Crippen molar-refractivity contribution in [2.24, 2.45) is 0 Å². The molecule has 5 nitrogen and oxygen atoms in total. The number of carbonyl (C=O) groups excluding carboxylic acids is 1. The van der Waals surface area contributed by atoms with Crippen LogP contribution in [0, 0.1) is 5.82 Å². The number of aromatic nitrogens is 1. The first-order valence-electron chi connectivity index (χ1n) is 6.70. The Bertz CT molecular complexity index is 644. The summed E-state index contributed by atoms with van der Waals surface area (Å²) in [5.41, 5.74) is 1.16. The van der Waals surface area contributed by atoms with Crippen LogP contribution in [-0.4, -0.2) is 27.9 Å². The van der Waals surface area contributed by atoms with E-state index in [4.69, 9.17) is 5.11 Å². The topological polar surface area (TPSA) is 79.3 Å². The average molecular weight is 302 g/mol. The normalized spacial score (nSPS) is 11.9. The van der Waals surface area contributed by atoms with Crippen LogP contribution in [-0.2, 0) is 11.3 Å². The first-order chi connectivity index (χ1) is 10.6. The molecular weight excluding hydrogens is 287 g/mol. The number of aliphatic carboxylic acids is 1. The third-order valence-corrected chi connectivity index (χ3v) is 3.13. The lowest BCUT2D eigenvalue weighted by Gasteiger charge is -2.16. The summed E-state index contributed by atoms with van der Waals surface area (Å²) in [4.78, 5) is 27.2. The Morgan fingerprint density at radius 2 is 1.77 bits per heavy atom. The maximum atomic E-state index is 12.9. The van der Waals surface area contributed by atoms with E-state index < -0.39 is 17.8 Å². The van der Waals surface area contributed by atoms with Gasteiger partial charge < -0.3 is 10.4 Å². The van der Waals surface area contributed by atoms with Crippen LogP contribution in [0.4, 0.5) is 4.39 Å². The largest absolute Gasteiger partial charge is 0.481 e. The molecular formula is C16H15FN2O3. The lowest BCUT2D eigenvalue weighted by molar-refractivity contribution is -0.137. The first-order valence-corrected chi connectivity index (χ1v) is 6.70. The zero-order chi connectivity index (χ0) is 15.9. The summed E-state index contributed by atoms with van der Waals surface area (Å²) >= 11 is 0. The maximum absolute atomic E-state index is 12.9. The number of pyridine rings is 1. The number of carboxylic acids is 1. The second-order valence-electron chi connectivity index (χ2n) is 4.76. The molecule has 0 aliphatic rings. The highest BCUT2D eigenvalue weighted by Gasteiger charge is 2.22. The van der Waals surface area contributed by atoms with Gasteiger partial charge in [-0.1, -0.05) is 0 Å². The van der Waals surface area contributed by atoms with Gasteiger partial charge in [0.1, 0.15) is 5.82 Å². The molecule has 0 aliphatic carbocycles. The molecule has 0 saturated carbocycles. The molecule has 114 valence electrons. The lowest BCUT2D eigenvalue weighted by atomic mass is 10.0. The molecule has 0 aliphatic heterocycles. The van der Waals surface area contributed by atoms with Crippen LogP contribution in [0.3, 0.4) is 0 Å². The quantitative estimate of drug-likeness (QED) is 0.765. The average Bonchev–Trinajstić information content (AvgIpc) is 2.52. The van der Waals surface area contributed by atoms with Crippen molar-refractivity contribution in [1.29, 1.82) is 0 Å².